The molecule has 1 aliphatic heterocycles. The molecule has 0 aromatic heterocycles. The average molecular weight is 244 g/mol. The van der Waals surface area contributed by atoms with Gasteiger partial charge in [0.15, 0.2) is 0 Å². The first-order chi connectivity index (χ1) is 8.57. The van der Waals surface area contributed by atoms with E-state index in [4.69, 9.17) is 0 Å². The van der Waals surface area contributed by atoms with Crippen LogP contribution in [0.1, 0.15) is 17.9 Å². The maximum absolute atomic E-state index is 12.4. The second-order valence-electron chi connectivity index (χ2n) is 5.21. The molecule has 1 spiro atoms. The highest BCUT2D eigenvalue weighted by Crippen LogP contribution is 2.56. The molecule has 1 saturated heterocycles. The third kappa shape index (κ3) is 1.32. The molecule has 2 atom stereocenters. The lowest BCUT2D eigenvalue weighted by molar-refractivity contribution is -0.155. The van der Waals surface area contributed by atoms with Crippen LogP contribution < -0.4 is 0 Å². The third-order valence-electron chi connectivity index (χ3n) is 4.20. The van der Waals surface area contributed by atoms with Crippen molar-refractivity contribution in [2.45, 2.75) is 17.9 Å². The number of hydrogen-bond acceptors (Lipinski definition) is 2. The predicted octanol–water partition coefficient (Wildman–Crippen LogP) is 0.843. The van der Waals surface area contributed by atoms with Gasteiger partial charge in [0.1, 0.15) is 5.54 Å². The molecule has 0 bridgehead atoms. The highest BCUT2D eigenvalue weighted by Gasteiger charge is 2.67. The van der Waals surface area contributed by atoms with Gasteiger partial charge < -0.3 is 9.80 Å². The highest BCUT2D eigenvalue weighted by atomic mass is 16.2. The van der Waals surface area contributed by atoms with E-state index in [1.807, 2.05) is 30.3 Å². The van der Waals surface area contributed by atoms with Gasteiger partial charge in [-0.2, -0.15) is 0 Å². The largest absolute Gasteiger partial charge is 0.334 e. The molecular weight excluding hydrogens is 228 g/mol. The van der Waals surface area contributed by atoms with Crippen molar-refractivity contribution >= 4 is 11.8 Å². The van der Waals surface area contributed by atoms with Crippen molar-refractivity contribution < 1.29 is 9.59 Å². The fourth-order valence-electron chi connectivity index (χ4n) is 3.02. The molecule has 94 valence electrons. The number of piperazine rings is 1. The highest BCUT2D eigenvalue weighted by molar-refractivity contribution is 6.01. The van der Waals surface area contributed by atoms with Crippen molar-refractivity contribution in [3.63, 3.8) is 0 Å². The van der Waals surface area contributed by atoms with E-state index in [2.05, 4.69) is 0 Å². The molecule has 1 saturated carbocycles. The summed E-state index contributed by atoms with van der Waals surface area (Å²) in [6, 6.07) is 9.96. The van der Waals surface area contributed by atoms with E-state index in [1.54, 1.807) is 23.9 Å². The third-order valence-corrected chi connectivity index (χ3v) is 4.20. The second kappa shape index (κ2) is 3.57. The lowest BCUT2D eigenvalue weighted by Gasteiger charge is -2.38. The number of carbonyl (C=O) groups excluding carboxylic acids is 2. The fraction of sp³-hybridized carbons (Fsp3) is 0.429. The van der Waals surface area contributed by atoms with Gasteiger partial charge >= 0.3 is 0 Å². The topological polar surface area (TPSA) is 40.6 Å². The standard InChI is InChI=1S/C14H16N2O2/c1-15-9-12(17)16(2)14(13(15)18)8-11(14)10-6-4-3-5-7-10/h3-7,11H,8-9H2,1-2H3. The van der Waals surface area contributed by atoms with Gasteiger partial charge in [0, 0.05) is 20.0 Å². The molecule has 3 rings (SSSR count). The maximum atomic E-state index is 12.4. The van der Waals surface area contributed by atoms with E-state index in [1.165, 1.54) is 0 Å². The van der Waals surface area contributed by atoms with Crippen molar-refractivity contribution in [1.82, 2.24) is 9.80 Å². The smallest absolute Gasteiger partial charge is 0.249 e. The number of amides is 2. The van der Waals surface area contributed by atoms with Crippen molar-refractivity contribution in [2.24, 2.45) is 0 Å². The van der Waals surface area contributed by atoms with E-state index >= 15 is 0 Å². The molecule has 0 radical (unpaired) electrons. The summed E-state index contributed by atoms with van der Waals surface area (Å²) >= 11 is 0. The van der Waals surface area contributed by atoms with E-state index in [-0.39, 0.29) is 24.3 Å². The van der Waals surface area contributed by atoms with Crippen LogP contribution in [0.5, 0.6) is 0 Å². The minimum Gasteiger partial charge on any atom is -0.334 e. The molecule has 1 heterocycles. The van der Waals surface area contributed by atoms with E-state index in [0.717, 1.165) is 12.0 Å². The van der Waals surface area contributed by atoms with Crippen molar-refractivity contribution in [2.75, 3.05) is 20.6 Å². The van der Waals surface area contributed by atoms with Crippen molar-refractivity contribution in [1.29, 1.82) is 0 Å². The SMILES string of the molecule is CN1CC(=O)N(C)C2(CC2c2ccccc2)C1=O. The molecule has 4 heteroatoms. The zero-order valence-electron chi connectivity index (χ0n) is 10.6. The molecule has 0 N–H and O–H groups in total. The monoisotopic (exact) mass is 244 g/mol. The van der Waals surface area contributed by atoms with Gasteiger partial charge in [0.25, 0.3) is 0 Å². The molecule has 2 fully saturated rings. The van der Waals surface area contributed by atoms with Crippen molar-refractivity contribution in [3.05, 3.63) is 35.9 Å². The molecule has 2 unspecified atom stereocenters. The van der Waals surface area contributed by atoms with Crippen LogP contribution in [-0.2, 0) is 9.59 Å². The lowest BCUT2D eigenvalue weighted by atomic mass is 10.0. The number of benzene rings is 1. The molecule has 4 nitrogen and oxygen atoms in total. The molecule has 2 amide bonds. The average Bonchev–Trinajstić information content (AvgIpc) is 3.12. The normalized spacial score (nSPS) is 31.1. The number of rotatable bonds is 1. The Morgan fingerprint density at radius 2 is 1.83 bits per heavy atom. The molecule has 1 aromatic carbocycles. The summed E-state index contributed by atoms with van der Waals surface area (Å²) in [4.78, 5) is 27.5. The summed E-state index contributed by atoms with van der Waals surface area (Å²) in [6.07, 6.45) is 0.739. The summed E-state index contributed by atoms with van der Waals surface area (Å²) in [5.74, 6) is 0.233. The second-order valence-corrected chi connectivity index (χ2v) is 5.21. The minimum atomic E-state index is -0.620. The predicted molar refractivity (Wildman–Crippen MR) is 66.9 cm³/mol. The van der Waals surface area contributed by atoms with E-state index < -0.39 is 5.54 Å². The van der Waals surface area contributed by atoms with Gasteiger partial charge in [-0.05, 0) is 12.0 Å². The molecule has 1 aromatic rings. The molecule has 18 heavy (non-hydrogen) atoms. The summed E-state index contributed by atoms with van der Waals surface area (Å²) in [5.41, 5.74) is 0.520. The Morgan fingerprint density at radius 3 is 2.50 bits per heavy atom. The number of nitrogens with zero attached hydrogens (tertiary/aromatic N) is 2. The van der Waals surface area contributed by atoms with Crippen molar-refractivity contribution in [3.8, 4) is 0 Å². The Hall–Kier alpha value is -1.84. The van der Waals surface area contributed by atoms with Gasteiger partial charge in [0.2, 0.25) is 11.8 Å². The van der Waals surface area contributed by atoms with E-state index in [9.17, 15) is 9.59 Å². The summed E-state index contributed by atoms with van der Waals surface area (Å²) in [7, 11) is 3.45. The Kier molecular flexibility index (Phi) is 2.24. The van der Waals surface area contributed by atoms with Gasteiger partial charge in [-0.1, -0.05) is 30.3 Å². The first-order valence-electron chi connectivity index (χ1n) is 6.14. The first-order valence-corrected chi connectivity index (χ1v) is 6.14. The molecule has 2 aliphatic rings. The van der Waals surface area contributed by atoms with Crippen LogP contribution in [0.3, 0.4) is 0 Å². The van der Waals surface area contributed by atoms with E-state index in [0.29, 0.717) is 0 Å². The Balaban J connectivity index is 1.96. The van der Waals surface area contributed by atoms with Gasteiger partial charge in [0.05, 0.1) is 6.54 Å². The van der Waals surface area contributed by atoms with Crippen LogP contribution in [0.4, 0.5) is 0 Å². The number of carbonyl (C=O) groups is 2. The Bertz CT molecular complexity index is 514. The lowest BCUT2D eigenvalue weighted by Crippen LogP contribution is -2.59. The molecule has 1 aliphatic carbocycles. The fourth-order valence-corrected chi connectivity index (χ4v) is 3.02. The van der Waals surface area contributed by atoms with Crippen LogP contribution >= 0.6 is 0 Å². The van der Waals surface area contributed by atoms with Crippen LogP contribution in [0.15, 0.2) is 30.3 Å². The summed E-state index contributed by atoms with van der Waals surface area (Å²) in [6.45, 7) is 0.193. The summed E-state index contributed by atoms with van der Waals surface area (Å²) < 4.78 is 0. The molecular formula is C14H16N2O2. The van der Waals surface area contributed by atoms with Crippen LogP contribution in [0.25, 0.3) is 0 Å². The quantitative estimate of drug-likeness (QED) is 0.734. The number of likely N-dealkylation sites (N-methyl/N-ethyl adjacent to an activating group) is 2. The van der Waals surface area contributed by atoms with Crippen LogP contribution in [0.2, 0.25) is 0 Å². The Morgan fingerprint density at radius 1 is 1.17 bits per heavy atom. The van der Waals surface area contributed by atoms with Crippen LogP contribution in [-0.4, -0.2) is 47.8 Å². The zero-order valence-corrected chi connectivity index (χ0v) is 10.6. The zero-order chi connectivity index (χ0) is 12.9. The maximum Gasteiger partial charge on any atom is 0.249 e. The summed E-state index contributed by atoms with van der Waals surface area (Å²) in [5, 5.41) is 0. The number of hydrogen-bond donors (Lipinski definition) is 0. The van der Waals surface area contributed by atoms with Gasteiger partial charge in [-0.15, -0.1) is 0 Å². The first kappa shape index (κ1) is 11.3. The van der Waals surface area contributed by atoms with Gasteiger partial charge in [-0.3, -0.25) is 9.59 Å². The minimum absolute atomic E-state index is 0.0236. The van der Waals surface area contributed by atoms with Gasteiger partial charge in [-0.25, -0.2) is 0 Å². The Labute approximate surface area is 106 Å². The van der Waals surface area contributed by atoms with Crippen LogP contribution in [0, 0.1) is 0 Å².